The maximum absolute atomic E-state index is 14.8. The Labute approximate surface area is 183 Å². The molecule has 1 atom stereocenters. The molecule has 3 rings (SSSR count). The van der Waals surface area contributed by atoms with Gasteiger partial charge in [0.25, 0.3) is 0 Å². The minimum Gasteiger partial charge on any atom is -0.206 e. The van der Waals surface area contributed by atoms with Gasteiger partial charge in [-0.05, 0) is 58.9 Å². The molecule has 0 nitrogen and oxygen atoms in total. The maximum atomic E-state index is 14.8. The molecule has 0 radical (unpaired) electrons. The van der Waals surface area contributed by atoms with Crippen LogP contribution in [0, 0.1) is 17.5 Å². The van der Waals surface area contributed by atoms with Gasteiger partial charge in [-0.25, -0.2) is 13.2 Å². The Bertz CT molecular complexity index is 1090. The lowest BCUT2D eigenvalue weighted by molar-refractivity contribution is -0.0790. The first-order valence-corrected chi connectivity index (χ1v) is 10.2. The van der Waals surface area contributed by atoms with Crippen LogP contribution in [-0.4, -0.2) is 6.18 Å². The Hall–Kier alpha value is -3.02. The van der Waals surface area contributed by atoms with Gasteiger partial charge in [-0.2, -0.15) is 13.2 Å². The SMILES string of the molecule is CCCC(C)c1ccc(-c2ccc(-c3cc(F)c(/C=C/C(F)(F)F)c(F)c3)c(F)c2)cc1. The van der Waals surface area contributed by atoms with Crippen molar-refractivity contribution in [2.24, 2.45) is 0 Å². The lowest BCUT2D eigenvalue weighted by Gasteiger charge is -2.12. The van der Waals surface area contributed by atoms with Crippen LogP contribution in [0.15, 0.2) is 60.7 Å². The van der Waals surface area contributed by atoms with E-state index in [0.717, 1.165) is 30.5 Å². The number of benzene rings is 3. The van der Waals surface area contributed by atoms with Crippen LogP contribution in [0.3, 0.4) is 0 Å². The highest BCUT2D eigenvalue weighted by atomic mass is 19.4. The van der Waals surface area contributed by atoms with E-state index in [1.807, 2.05) is 24.3 Å². The molecule has 0 saturated heterocycles. The van der Waals surface area contributed by atoms with Gasteiger partial charge in [0, 0.05) is 17.2 Å². The van der Waals surface area contributed by atoms with Crippen molar-refractivity contribution in [3.05, 3.63) is 89.3 Å². The summed E-state index contributed by atoms with van der Waals surface area (Å²) in [6, 6.07) is 13.7. The summed E-state index contributed by atoms with van der Waals surface area (Å²) in [5.74, 6) is -2.68. The predicted molar refractivity (Wildman–Crippen MR) is 116 cm³/mol. The fourth-order valence-electron chi connectivity index (χ4n) is 3.61. The van der Waals surface area contributed by atoms with Gasteiger partial charge in [-0.1, -0.05) is 56.7 Å². The normalized spacial score (nSPS) is 13.0. The molecule has 168 valence electrons. The van der Waals surface area contributed by atoms with Gasteiger partial charge < -0.3 is 0 Å². The van der Waals surface area contributed by atoms with E-state index < -0.39 is 29.2 Å². The first kappa shape index (κ1) is 23.6. The van der Waals surface area contributed by atoms with Crippen LogP contribution >= 0.6 is 0 Å². The molecule has 0 fully saturated rings. The van der Waals surface area contributed by atoms with Gasteiger partial charge >= 0.3 is 6.18 Å². The topological polar surface area (TPSA) is 0 Å². The molecule has 0 N–H and O–H groups in total. The van der Waals surface area contributed by atoms with E-state index in [-0.39, 0.29) is 17.2 Å². The van der Waals surface area contributed by atoms with Gasteiger partial charge in [-0.3, -0.25) is 0 Å². The summed E-state index contributed by atoms with van der Waals surface area (Å²) in [5, 5.41) is 0. The van der Waals surface area contributed by atoms with Crippen LogP contribution in [0.4, 0.5) is 26.3 Å². The molecule has 0 heterocycles. The fraction of sp³-hybridized carbons (Fsp3) is 0.231. The Morgan fingerprint density at radius 3 is 1.88 bits per heavy atom. The average Bonchev–Trinajstić information content (AvgIpc) is 2.72. The Kier molecular flexibility index (Phi) is 7.12. The van der Waals surface area contributed by atoms with E-state index in [9.17, 15) is 26.3 Å². The number of hydrogen-bond acceptors (Lipinski definition) is 0. The third-order valence-electron chi connectivity index (χ3n) is 5.33. The third-order valence-corrected chi connectivity index (χ3v) is 5.33. The van der Waals surface area contributed by atoms with Crippen LogP contribution in [0.1, 0.15) is 43.7 Å². The average molecular weight is 448 g/mol. The zero-order chi connectivity index (χ0) is 23.5. The summed E-state index contributed by atoms with van der Waals surface area (Å²) in [5.41, 5.74) is 1.61. The fourth-order valence-corrected chi connectivity index (χ4v) is 3.61. The van der Waals surface area contributed by atoms with Gasteiger partial charge in [-0.15, -0.1) is 0 Å². The van der Waals surface area contributed by atoms with Crippen LogP contribution in [-0.2, 0) is 0 Å². The molecule has 3 aromatic rings. The Balaban J connectivity index is 1.89. The summed E-state index contributed by atoms with van der Waals surface area (Å²) < 4.78 is 80.1. The van der Waals surface area contributed by atoms with E-state index in [2.05, 4.69) is 13.8 Å². The summed E-state index contributed by atoms with van der Waals surface area (Å²) in [6.07, 6.45) is -2.49. The lowest BCUT2D eigenvalue weighted by atomic mass is 9.93. The highest BCUT2D eigenvalue weighted by molar-refractivity contribution is 5.72. The van der Waals surface area contributed by atoms with E-state index in [1.165, 1.54) is 17.7 Å². The van der Waals surface area contributed by atoms with Crippen molar-refractivity contribution in [3.8, 4) is 22.3 Å². The molecule has 32 heavy (non-hydrogen) atoms. The molecule has 0 aliphatic rings. The quantitative estimate of drug-likeness (QED) is 0.330. The summed E-state index contributed by atoms with van der Waals surface area (Å²) in [4.78, 5) is 0. The van der Waals surface area contributed by atoms with Gasteiger partial charge in [0.05, 0.1) is 0 Å². The minimum atomic E-state index is -4.70. The first-order chi connectivity index (χ1) is 15.1. The van der Waals surface area contributed by atoms with Crippen molar-refractivity contribution >= 4 is 6.08 Å². The van der Waals surface area contributed by atoms with E-state index in [0.29, 0.717) is 17.6 Å². The standard InChI is InChI=1S/C26H22F6/c1-3-4-16(2)17-5-7-18(8-6-17)19-9-10-21(23(27)13-19)20-14-24(28)22(25(29)15-20)11-12-26(30,31)32/h5-16H,3-4H2,1-2H3/b12-11+. The van der Waals surface area contributed by atoms with Crippen molar-refractivity contribution in [1.82, 2.24) is 0 Å². The van der Waals surface area contributed by atoms with E-state index >= 15 is 0 Å². The monoisotopic (exact) mass is 448 g/mol. The summed E-state index contributed by atoms with van der Waals surface area (Å²) >= 11 is 0. The number of hydrogen-bond donors (Lipinski definition) is 0. The second-order valence-corrected chi connectivity index (χ2v) is 7.73. The van der Waals surface area contributed by atoms with Crippen molar-refractivity contribution in [2.45, 2.75) is 38.8 Å². The summed E-state index contributed by atoms with van der Waals surface area (Å²) in [7, 11) is 0. The lowest BCUT2D eigenvalue weighted by Crippen LogP contribution is -2.01. The van der Waals surface area contributed by atoms with Gasteiger partial charge in [0.15, 0.2) is 0 Å². The van der Waals surface area contributed by atoms with Crippen LogP contribution < -0.4 is 0 Å². The molecule has 0 bridgehead atoms. The molecule has 3 aromatic carbocycles. The van der Waals surface area contributed by atoms with Crippen molar-refractivity contribution in [2.75, 3.05) is 0 Å². The zero-order valence-corrected chi connectivity index (χ0v) is 17.6. The molecule has 0 saturated carbocycles. The molecule has 1 unspecified atom stereocenters. The second-order valence-electron chi connectivity index (χ2n) is 7.73. The second kappa shape index (κ2) is 9.63. The third kappa shape index (κ3) is 5.61. The van der Waals surface area contributed by atoms with Gasteiger partial charge in [0.2, 0.25) is 0 Å². The number of rotatable bonds is 6. The molecule has 0 aromatic heterocycles. The van der Waals surface area contributed by atoms with Crippen molar-refractivity contribution < 1.29 is 26.3 Å². The molecular weight excluding hydrogens is 426 g/mol. The van der Waals surface area contributed by atoms with Crippen molar-refractivity contribution in [1.29, 1.82) is 0 Å². The molecule has 0 amide bonds. The van der Waals surface area contributed by atoms with Gasteiger partial charge in [0.1, 0.15) is 17.5 Å². The smallest absolute Gasteiger partial charge is 0.206 e. The van der Waals surface area contributed by atoms with E-state index in [1.54, 1.807) is 6.07 Å². The zero-order valence-electron chi connectivity index (χ0n) is 17.6. The van der Waals surface area contributed by atoms with Crippen LogP contribution in [0.5, 0.6) is 0 Å². The largest absolute Gasteiger partial charge is 0.409 e. The molecular formula is C26H22F6. The highest BCUT2D eigenvalue weighted by Gasteiger charge is 2.23. The molecule has 0 spiro atoms. The summed E-state index contributed by atoms with van der Waals surface area (Å²) in [6.45, 7) is 4.27. The Morgan fingerprint density at radius 2 is 1.34 bits per heavy atom. The maximum Gasteiger partial charge on any atom is 0.409 e. The number of alkyl halides is 3. The molecule has 0 aliphatic carbocycles. The van der Waals surface area contributed by atoms with E-state index in [4.69, 9.17) is 0 Å². The molecule has 6 heteroatoms. The van der Waals surface area contributed by atoms with Crippen molar-refractivity contribution in [3.63, 3.8) is 0 Å². The number of halogens is 6. The first-order valence-electron chi connectivity index (χ1n) is 10.2. The highest BCUT2D eigenvalue weighted by Crippen LogP contribution is 2.32. The van der Waals surface area contributed by atoms with Crippen LogP contribution in [0.2, 0.25) is 0 Å². The Morgan fingerprint density at radius 1 is 0.781 bits per heavy atom. The van der Waals surface area contributed by atoms with Crippen LogP contribution in [0.25, 0.3) is 28.3 Å². The number of allylic oxidation sites excluding steroid dienone is 1. The minimum absolute atomic E-state index is 0.0499. The predicted octanol–water partition coefficient (Wildman–Crippen LogP) is 8.92. The molecule has 0 aliphatic heterocycles.